The Bertz CT molecular complexity index is 475. The van der Waals surface area contributed by atoms with Crippen molar-refractivity contribution in [3.05, 3.63) is 35.9 Å². The molecule has 0 atom stereocenters. The van der Waals surface area contributed by atoms with Crippen LogP contribution < -0.4 is 0 Å². The Morgan fingerprint density at radius 1 is 1.29 bits per heavy atom. The van der Waals surface area contributed by atoms with Crippen molar-refractivity contribution in [2.24, 2.45) is 0 Å². The van der Waals surface area contributed by atoms with E-state index in [0.29, 0.717) is 19.4 Å². The first-order valence-electron chi connectivity index (χ1n) is 6.96. The summed E-state index contributed by atoms with van der Waals surface area (Å²) >= 11 is 0. The van der Waals surface area contributed by atoms with Crippen molar-refractivity contribution >= 4 is 6.09 Å². The molecule has 1 rings (SSSR count). The molecule has 0 aromatic heterocycles. The minimum atomic E-state index is -0.531. The number of unbranched alkanes of at least 4 members (excludes halogenated alkanes) is 1. The monoisotopic (exact) mass is 290 g/mol. The molecule has 0 aliphatic rings. The van der Waals surface area contributed by atoms with Gasteiger partial charge in [0.15, 0.2) is 0 Å². The topological polar surface area (TPSA) is 62.6 Å². The van der Waals surface area contributed by atoms with Crippen LogP contribution in [0.5, 0.6) is 0 Å². The molecule has 5 nitrogen and oxygen atoms in total. The summed E-state index contributed by atoms with van der Waals surface area (Å²) in [5.74, 6) is 0. The largest absolute Gasteiger partial charge is 0.448 e. The standard InChI is InChI=1S/C16H22N2O3/c1-16(2,3)18(15(19)20-12-8-7-11-17)21-13-14-9-5-4-6-10-14/h4-6,9-10H,7-8,12-13H2,1-3H3. The van der Waals surface area contributed by atoms with Crippen LogP contribution in [-0.4, -0.2) is 23.3 Å². The molecular formula is C16H22N2O3. The average Bonchev–Trinajstić information content (AvgIpc) is 2.43. The quantitative estimate of drug-likeness (QED) is 0.592. The van der Waals surface area contributed by atoms with Gasteiger partial charge in [0.1, 0.15) is 6.61 Å². The lowest BCUT2D eigenvalue weighted by atomic mass is 10.1. The average molecular weight is 290 g/mol. The third kappa shape index (κ3) is 6.28. The second-order valence-electron chi connectivity index (χ2n) is 5.60. The number of amides is 1. The predicted molar refractivity (Wildman–Crippen MR) is 79.0 cm³/mol. The smallest absolute Gasteiger partial charge is 0.434 e. The Morgan fingerprint density at radius 3 is 2.52 bits per heavy atom. The van der Waals surface area contributed by atoms with Crippen molar-refractivity contribution in [1.29, 1.82) is 5.26 Å². The number of nitrogens with zero attached hydrogens (tertiary/aromatic N) is 2. The summed E-state index contributed by atoms with van der Waals surface area (Å²) in [6, 6.07) is 11.6. The fourth-order valence-electron chi connectivity index (χ4n) is 1.60. The van der Waals surface area contributed by atoms with Crippen molar-refractivity contribution in [3.8, 4) is 6.07 Å². The van der Waals surface area contributed by atoms with E-state index >= 15 is 0 Å². The van der Waals surface area contributed by atoms with Gasteiger partial charge in [0.25, 0.3) is 0 Å². The molecule has 21 heavy (non-hydrogen) atoms. The highest BCUT2D eigenvalue weighted by Gasteiger charge is 2.29. The maximum absolute atomic E-state index is 12.1. The molecule has 0 bridgehead atoms. The molecule has 0 saturated heterocycles. The third-order valence-corrected chi connectivity index (χ3v) is 2.64. The van der Waals surface area contributed by atoms with Crippen molar-refractivity contribution in [3.63, 3.8) is 0 Å². The lowest BCUT2D eigenvalue weighted by Gasteiger charge is -2.33. The molecule has 0 saturated carbocycles. The van der Waals surface area contributed by atoms with Crippen LogP contribution in [0.3, 0.4) is 0 Å². The Balaban J connectivity index is 2.56. The van der Waals surface area contributed by atoms with E-state index in [4.69, 9.17) is 14.8 Å². The zero-order chi connectivity index (χ0) is 15.7. The summed E-state index contributed by atoms with van der Waals surface area (Å²) in [6.45, 7) is 6.12. The molecule has 0 unspecified atom stereocenters. The van der Waals surface area contributed by atoms with Crippen molar-refractivity contribution in [2.45, 2.75) is 45.8 Å². The van der Waals surface area contributed by atoms with Crippen LogP contribution >= 0.6 is 0 Å². The summed E-state index contributed by atoms with van der Waals surface area (Å²) in [5, 5.41) is 9.70. The van der Waals surface area contributed by atoms with Gasteiger partial charge in [-0.2, -0.15) is 10.3 Å². The number of ether oxygens (including phenoxy) is 1. The zero-order valence-corrected chi connectivity index (χ0v) is 12.8. The summed E-state index contributed by atoms with van der Waals surface area (Å²) < 4.78 is 5.13. The molecule has 114 valence electrons. The molecule has 0 fully saturated rings. The van der Waals surface area contributed by atoms with Gasteiger partial charge in [-0.25, -0.2) is 4.79 Å². The van der Waals surface area contributed by atoms with E-state index < -0.39 is 11.6 Å². The molecule has 0 spiro atoms. The first-order chi connectivity index (χ1) is 9.95. The zero-order valence-electron chi connectivity index (χ0n) is 12.8. The van der Waals surface area contributed by atoms with Gasteiger partial charge in [0, 0.05) is 6.42 Å². The summed E-state index contributed by atoms with van der Waals surface area (Å²) in [5.41, 5.74) is 0.463. The second-order valence-corrected chi connectivity index (χ2v) is 5.60. The van der Waals surface area contributed by atoms with Crippen LogP contribution in [0.4, 0.5) is 4.79 Å². The molecule has 0 heterocycles. The van der Waals surface area contributed by atoms with Gasteiger partial charge >= 0.3 is 6.09 Å². The first kappa shape index (κ1) is 17.0. The second kappa shape index (κ2) is 8.28. The number of carbonyl (C=O) groups is 1. The highest BCUT2D eigenvalue weighted by Crippen LogP contribution is 2.17. The van der Waals surface area contributed by atoms with Crippen molar-refractivity contribution in [1.82, 2.24) is 5.06 Å². The van der Waals surface area contributed by atoms with E-state index in [2.05, 4.69) is 0 Å². The van der Waals surface area contributed by atoms with Gasteiger partial charge in [-0.05, 0) is 32.8 Å². The number of benzene rings is 1. The van der Waals surface area contributed by atoms with Crippen LogP contribution in [-0.2, 0) is 16.2 Å². The Morgan fingerprint density at radius 2 is 1.95 bits per heavy atom. The number of hydrogen-bond acceptors (Lipinski definition) is 4. The van der Waals surface area contributed by atoms with Crippen molar-refractivity contribution < 1.29 is 14.4 Å². The van der Waals surface area contributed by atoms with E-state index in [1.165, 1.54) is 5.06 Å². The molecule has 0 aliphatic carbocycles. The van der Waals surface area contributed by atoms with E-state index in [1.807, 2.05) is 57.2 Å². The Kier molecular flexibility index (Phi) is 6.70. The fourth-order valence-corrected chi connectivity index (χ4v) is 1.60. The molecular weight excluding hydrogens is 268 g/mol. The lowest BCUT2D eigenvalue weighted by Crippen LogP contribution is -2.45. The number of carbonyl (C=O) groups excluding carboxylic acids is 1. The summed E-state index contributed by atoms with van der Waals surface area (Å²) in [7, 11) is 0. The maximum Gasteiger partial charge on any atom is 0.434 e. The third-order valence-electron chi connectivity index (χ3n) is 2.64. The molecule has 0 radical (unpaired) electrons. The number of hydrogen-bond donors (Lipinski definition) is 0. The minimum absolute atomic E-state index is 0.216. The Labute approximate surface area is 126 Å². The molecule has 5 heteroatoms. The number of rotatable bonds is 6. The van der Waals surface area contributed by atoms with Gasteiger partial charge in [-0.15, -0.1) is 0 Å². The van der Waals surface area contributed by atoms with Crippen LogP contribution in [0.25, 0.3) is 0 Å². The molecule has 1 amide bonds. The molecule has 0 aliphatic heterocycles. The van der Waals surface area contributed by atoms with Gasteiger partial charge < -0.3 is 4.74 Å². The highest BCUT2D eigenvalue weighted by atomic mass is 16.7. The fraction of sp³-hybridized carbons (Fsp3) is 0.500. The van der Waals surface area contributed by atoms with Crippen LogP contribution in [0, 0.1) is 11.3 Å². The predicted octanol–water partition coefficient (Wildman–Crippen LogP) is 3.66. The van der Waals surface area contributed by atoms with Crippen LogP contribution in [0.2, 0.25) is 0 Å². The van der Waals surface area contributed by atoms with Gasteiger partial charge in [0.2, 0.25) is 0 Å². The maximum atomic E-state index is 12.1. The molecule has 0 N–H and O–H groups in total. The van der Waals surface area contributed by atoms with E-state index in [0.717, 1.165) is 5.56 Å². The van der Waals surface area contributed by atoms with Crippen molar-refractivity contribution in [2.75, 3.05) is 6.61 Å². The minimum Gasteiger partial charge on any atom is -0.448 e. The number of nitriles is 1. The van der Waals surface area contributed by atoms with Crippen LogP contribution in [0.15, 0.2) is 30.3 Å². The van der Waals surface area contributed by atoms with Gasteiger partial charge in [0.05, 0.1) is 18.2 Å². The van der Waals surface area contributed by atoms with E-state index in [-0.39, 0.29) is 6.61 Å². The number of hydroxylamine groups is 2. The van der Waals surface area contributed by atoms with Gasteiger partial charge in [-0.1, -0.05) is 30.3 Å². The lowest BCUT2D eigenvalue weighted by molar-refractivity contribution is -0.192. The van der Waals surface area contributed by atoms with E-state index in [9.17, 15) is 4.79 Å². The summed E-state index contributed by atoms with van der Waals surface area (Å²) in [6.07, 6.45) is 0.364. The molecule has 1 aromatic carbocycles. The van der Waals surface area contributed by atoms with Crippen LogP contribution in [0.1, 0.15) is 39.2 Å². The SMILES string of the molecule is CC(C)(C)N(OCc1ccccc1)C(=O)OCCCC#N. The van der Waals surface area contributed by atoms with Gasteiger partial charge in [-0.3, -0.25) is 4.84 Å². The molecule has 1 aromatic rings. The first-order valence-corrected chi connectivity index (χ1v) is 6.96. The normalized spacial score (nSPS) is 10.8. The highest BCUT2D eigenvalue weighted by molar-refractivity contribution is 5.67. The van der Waals surface area contributed by atoms with E-state index in [1.54, 1.807) is 0 Å². The summed E-state index contributed by atoms with van der Waals surface area (Å²) in [4.78, 5) is 17.7. The Hall–Kier alpha value is -2.06.